The number of halogens is 2. The highest BCUT2D eigenvalue weighted by Crippen LogP contribution is 2.31. The molecule has 1 aliphatic heterocycles. The van der Waals surface area contributed by atoms with Crippen LogP contribution < -0.4 is 10.2 Å². The first-order valence-corrected chi connectivity index (χ1v) is 10.1. The summed E-state index contributed by atoms with van der Waals surface area (Å²) < 4.78 is 1.32. The van der Waals surface area contributed by atoms with Crippen molar-refractivity contribution >= 4 is 79.4 Å². The van der Waals surface area contributed by atoms with E-state index in [-0.39, 0.29) is 16.4 Å². The molecule has 1 aliphatic rings. The van der Waals surface area contributed by atoms with Crippen LogP contribution in [0.2, 0.25) is 0 Å². The van der Waals surface area contributed by atoms with Gasteiger partial charge in [-0.15, -0.1) is 0 Å². The average Bonchev–Trinajstić information content (AvgIpc) is 2.58. The number of phenols is 1. The highest BCUT2D eigenvalue weighted by Gasteiger charge is 2.34. The monoisotopic (exact) mass is 556 g/mol. The topological polar surface area (TPSA) is 69.6 Å². The van der Waals surface area contributed by atoms with Crippen molar-refractivity contribution in [3.63, 3.8) is 0 Å². The van der Waals surface area contributed by atoms with Crippen LogP contribution in [0.5, 0.6) is 5.75 Å². The van der Waals surface area contributed by atoms with E-state index in [4.69, 9.17) is 12.2 Å². The Balaban J connectivity index is 2.09. The van der Waals surface area contributed by atoms with E-state index in [0.29, 0.717) is 14.8 Å². The highest BCUT2D eigenvalue weighted by molar-refractivity contribution is 14.1. The molecule has 1 heterocycles. The number of carbonyl (C=O) groups excluding carboxylic acids is 2. The third-order valence-corrected chi connectivity index (χ3v) is 5.77. The normalized spacial score (nSPS) is 16.1. The van der Waals surface area contributed by atoms with Crippen LogP contribution in [0.15, 0.2) is 40.4 Å². The van der Waals surface area contributed by atoms with Gasteiger partial charge < -0.3 is 5.11 Å². The number of hydrogen-bond donors (Lipinski definition) is 2. The molecule has 0 atom stereocenters. The number of phenolic OH excluding ortho intramolecular Hbond substituents is 1. The van der Waals surface area contributed by atoms with Crippen molar-refractivity contribution in [1.82, 2.24) is 5.32 Å². The quantitative estimate of drug-likeness (QED) is 0.252. The Morgan fingerprint density at radius 1 is 1.19 bits per heavy atom. The fourth-order valence-electron chi connectivity index (χ4n) is 2.61. The molecule has 1 fully saturated rings. The molecule has 5 nitrogen and oxygen atoms in total. The van der Waals surface area contributed by atoms with Crippen LogP contribution in [0, 0.1) is 17.4 Å². The van der Waals surface area contributed by atoms with Gasteiger partial charge in [0, 0.05) is 10.0 Å². The molecule has 2 N–H and O–H groups in total. The lowest BCUT2D eigenvalue weighted by atomic mass is 10.0. The Morgan fingerprint density at radius 2 is 1.89 bits per heavy atom. The van der Waals surface area contributed by atoms with Crippen LogP contribution in [-0.2, 0) is 9.59 Å². The molecule has 0 spiro atoms. The summed E-state index contributed by atoms with van der Waals surface area (Å²) in [4.78, 5) is 26.7. The summed E-state index contributed by atoms with van der Waals surface area (Å²) >= 11 is 10.5. The van der Waals surface area contributed by atoms with Crippen LogP contribution in [0.1, 0.15) is 16.7 Å². The summed E-state index contributed by atoms with van der Waals surface area (Å²) in [5, 5.41) is 12.8. The molecule has 27 heavy (non-hydrogen) atoms. The molecule has 0 aliphatic carbocycles. The summed E-state index contributed by atoms with van der Waals surface area (Å²) in [5.74, 6) is -1.14. The van der Waals surface area contributed by atoms with E-state index in [1.165, 1.54) is 11.0 Å². The average molecular weight is 557 g/mol. The maximum Gasteiger partial charge on any atom is 0.270 e. The van der Waals surface area contributed by atoms with Gasteiger partial charge in [-0.2, -0.15) is 0 Å². The van der Waals surface area contributed by atoms with Crippen molar-refractivity contribution in [2.24, 2.45) is 0 Å². The van der Waals surface area contributed by atoms with Crippen molar-refractivity contribution in [2.75, 3.05) is 4.90 Å². The van der Waals surface area contributed by atoms with Gasteiger partial charge in [-0.3, -0.25) is 19.8 Å². The predicted octanol–water partition coefficient (Wildman–Crippen LogP) is 4.21. The summed E-state index contributed by atoms with van der Waals surface area (Å²) in [7, 11) is 0. The van der Waals surface area contributed by atoms with Gasteiger partial charge in [0.25, 0.3) is 11.8 Å². The van der Waals surface area contributed by atoms with Crippen LogP contribution in [0.3, 0.4) is 0 Å². The van der Waals surface area contributed by atoms with Gasteiger partial charge >= 0.3 is 0 Å². The summed E-state index contributed by atoms with van der Waals surface area (Å²) in [6, 6.07) is 8.88. The Bertz CT molecular complexity index is 1040. The Hall–Kier alpha value is -1.78. The Morgan fingerprint density at radius 3 is 2.56 bits per heavy atom. The number of amides is 2. The van der Waals surface area contributed by atoms with Gasteiger partial charge in [0.05, 0.1) is 9.26 Å². The fraction of sp³-hybridized carbons (Fsp3) is 0.105. The van der Waals surface area contributed by atoms with Gasteiger partial charge in [0.15, 0.2) is 5.11 Å². The number of hydrogen-bond acceptors (Lipinski definition) is 4. The number of benzene rings is 2. The number of nitrogens with zero attached hydrogens (tertiary/aromatic N) is 1. The van der Waals surface area contributed by atoms with E-state index in [1.807, 2.05) is 48.6 Å². The zero-order valence-corrected chi connectivity index (χ0v) is 18.9. The third-order valence-electron chi connectivity index (χ3n) is 4.21. The first kappa shape index (κ1) is 20.0. The lowest BCUT2D eigenvalue weighted by Crippen LogP contribution is -2.54. The maximum absolute atomic E-state index is 13.0. The highest BCUT2D eigenvalue weighted by atomic mass is 127. The molecular weight excluding hydrogens is 543 g/mol. The zero-order valence-electron chi connectivity index (χ0n) is 14.3. The molecule has 2 aromatic rings. The molecule has 0 saturated carbocycles. The molecule has 2 amide bonds. The first-order valence-electron chi connectivity index (χ1n) is 7.85. The van der Waals surface area contributed by atoms with Crippen LogP contribution in [0.4, 0.5) is 5.69 Å². The number of aromatic hydroxyl groups is 1. The Labute approximate surface area is 183 Å². The molecule has 1 saturated heterocycles. The van der Waals surface area contributed by atoms with Gasteiger partial charge in [-0.05, 0) is 90.1 Å². The second-order valence-electron chi connectivity index (χ2n) is 6.05. The summed E-state index contributed by atoms with van der Waals surface area (Å²) in [5.41, 5.74) is 2.92. The first-order chi connectivity index (χ1) is 12.7. The number of thiocarbonyl (C=S) groups is 1. The van der Waals surface area contributed by atoms with Crippen LogP contribution >= 0.6 is 50.7 Å². The number of aryl methyl sites for hydroxylation is 2. The molecule has 0 radical (unpaired) electrons. The minimum Gasteiger partial charge on any atom is -0.506 e. The second-order valence-corrected chi connectivity index (χ2v) is 8.52. The molecule has 8 heteroatoms. The summed E-state index contributed by atoms with van der Waals surface area (Å²) in [6.07, 6.45) is 1.37. The van der Waals surface area contributed by atoms with Crippen LogP contribution in [-0.4, -0.2) is 22.0 Å². The smallest absolute Gasteiger partial charge is 0.270 e. The van der Waals surface area contributed by atoms with Gasteiger partial charge in [-0.1, -0.05) is 22.0 Å². The van der Waals surface area contributed by atoms with Gasteiger partial charge in [0.2, 0.25) is 0 Å². The predicted molar refractivity (Wildman–Crippen MR) is 121 cm³/mol. The molecule has 3 rings (SSSR count). The molecule has 0 aromatic heterocycles. The van der Waals surface area contributed by atoms with Crippen LogP contribution in [0.25, 0.3) is 6.08 Å². The molecule has 138 valence electrons. The second kappa shape index (κ2) is 7.69. The standard InChI is InChI=1S/C19H14BrIN2O3S/c1-9-3-4-13(5-10(9)2)23-18(26)14(17(25)22-19(23)27)7-11-6-12(20)8-15(21)16(11)24/h3-8,24H,1-2H3,(H,22,25,27)/b14-7+. The SMILES string of the molecule is Cc1ccc(N2C(=O)/C(=C/c3cc(Br)cc(I)c3O)C(=O)NC2=S)cc1C. The van der Waals surface area contributed by atoms with Crippen molar-refractivity contribution in [2.45, 2.75) is 13.8 Å². The third kappa shape index (κ3) is 3.92. The molecule has 0 bridgehead atoms. The van der Waals surface area contributed by atoms with Crippen molar-refractivity contribution in [3.05, 3.63) is 60.6 Å². The van der Waals surface area contributed by atoms with Crippen molar-refractivity contribution in [1.29, 1.82) is 0 Å². The van der Waals surface area contributed by atoms with Crippen molar-refractivity contribution in [3.8, 4) is 5.75 Å². The molecule has 2 aromatic carbocycles. The number of rotatable bonds is 2. The van der Waals surface area contributed by atoms with Crippen molar-refractivity contribution < 1.29 is 14.7 Å². The lowest BCUT2D eigenvalue weighted by molar-refractivity contribution is -0.122. The van der Waals surface area contributed by atoms with E-state index >= 15 is 0 Å². The summed E-state index contributed by atoms with van der Waals surface area (Å²) in [6.45, 7) is 3.91. The minimum absolute atomic E-state index is 0.00206. The molecular formula is C19H14BrIN2O3S. The van der Waals surface area contributed by atoms with E-state index in [9.17, 15) is 14.7 Å². The number of carbonyl (C=O) groups is 2. The van der Waals surface area contributed by atoms with Gasteiger partial charge in [-0.25, -0.2) is 0 Å². The zero-order chi connectivity index (χ0) is 19.9. The van der Waals surface area contributed by atoms with Gasteiger partial charge in [0.1, 0.15) is 11.3 Å². The van der Waals surface area contributed by atoms with E-state index in [0.717, 1.165) is 15.6 Å². The maximum atomic E-state index is 13.0. The minimum atomic E-state index is -0.598. The fourth-order valence-corrected chi connectivity index (χ4v) is 4.44. The Kier molecular flexibility index (Phi) is 5.68. The van der Waals surface area contributed by atoms with E-state index in [2.05, 4.69) is 21.2 Å². The molecule has 0 unspecified atom stereocenters. The number of nitrogens with one attached hydrogen (secondary N) is 1. The van der Waals surface area contributed by atoms with E-state index in [1.54, 1.807) is 18.2 Å². The van der Waals surface area contributed by atoms with E-state index < -0.39 is 11.8 Å². The number of anilines is 1. The largest absolute Gasteiger partial charge is 0.506 e. The lowest BCUT2D eigenvalue weighted by Gasteiger charge is -2.29.